The summed E-state index contributed by atoms with van der Waals surface area (Å²) in [7, 11) is 1.58. The first-order chi connectivity index (χ1) is 15.3. The second kappa shape index (κ2) is 10.6. The third-order valence-electron chi connectivity index (χ3n) is 5.13. The van der Waals surface area contributed by atoms with E-state index in [0.717, 1.165) is 16.8 Å². The lowest BCUT2D eigenvalue weighted by Crippen LogP contribution is -2.35. The summed E-state index contributed by atoms with van der Waals surface area (Å²) in [5, 5.41) is 2.81. The highest BCUT2D eigenvalue weighted by Gasteiger charge is 2.39. The quantitative estimate of drug-likeness (QED) is 0.608. The van der Waals surface area contributed by atoms with E-state index in [1.165, 1.54) is 18.7 Å². The first kappa shape index (κ1) is 23.7. The molecule has 2 aromatic carbocycles. The third kappa shape index (κ3) is 5.63. The second-order valence-corrected chi connectivity index (χ2v) is 8.78. The Balaban J connectivity index is 1.75. The summed E-state index contributed by atoms with van der Waals surface area (Å²) in [5.74, 6) is -0.465. The van der Waals surface area contributed by atoms with Crippen molar-refractivity contribution in [2.45, 2.75) is 32.4 Å². The zero-order valence-electron chi connectivity index (χ0n) is 18.7. The van der Waals surface area contributed by atoms with Gasteiger partial charge in [-0.1, -0.05) is 30.0 Å². The van der Waals surface area contributed by atoms with Crippen LogP contribution in [0.5, 0.6) is 0 Å². The van der Waals surface area contributed by atoms with Gasteiger partial charge in [0.05, 0.1) is 18.8 Å². The number of anilines is 1. The molecule has 1 atom stereocenters. The van der Waals surface area contributed by atoms with Gasteiger partial charge >= 0.3 is 0 Å². The van der Waals surface area contributed by atoms with Crippen molar-refractivity contribution in [1.82, 2.24) is 4.90 Å². The topological polar surface area (TPSA) is 88.1 Å². The number of carbonyl (C=O) groups excluding carboxylic acids is 3. The first-order valence-electron chi connectivity index (χ1n) is 10.3. The molecule has 0 aliphatic carbocycles. The molecule has 1 unspecified atom stereocenters. The zero-order valence-corrected chi connectivity index (χ0v) is 19.5. The number of ketones is 1. The fourth-order valence-corrected chi connectivity index (χ4v) is 4.53. The number of nitrogens with zero attached hydrogens (tertiary/aromatic N) is 2. The van der Waals surface area contributed by atoms with Crippen LogP contribution in [0.1, 0.15) is 34.8 Å². The smallest absolute Gasteiger partial charge is 0.242 e. The Morgan fingerprint density at radius 1 is 1.12 bits per heavy atom. The predicted molar refractivity (Wildman–Crippen MR) is 128 cm³/mol. The maximum atomic E-state index is 13.0. The molecule has 0 radical (unpaired) electrons. The highest BCUT2D eigenvalue weighted by molar-refractivity contribution is 8.15. The molecular formula is C24H27N3O4S. The average Bonchev–Trinajstić information content (AvgIpc) is 3.03. The van der Waals surface area contributed by atoms with Crippen LogP contribution in [0.15, 0.2) is 47.5 Å². The number of aliphatic imine (C=N–C) groups is 1. The van der Waals surface area contributed by atoms with Gasteiger partial charge in [0.2, 0.25) is 11.8 Å². The summed E-state index contributed by atoms with van der Waals surface area (Å²) in [6, 6.07) is 12.6. The first-order valence-corrected chi connectivity index (χ1v) is 11.2. The van der Waals surface area contributed by atoms with Crippen LogP contribution in [-0.2, 0) is 14.3 Å². The number of amides is 2. The van der Waals surface area contributed by atoms with Gasteiger partial charge < -0.3 is 10.1 Å². The van der Waals surface area contributed by atoms with Crippen molar-refractivity contribution in [1.29, 1.82) is 0 Å². The van der Waals surface area contributed by atoms with Crippen molar-refractivity contribution in [3.8, 4) is 0 Å². The number of benzene rings is 2. The van der Waals surface area contributed by atoms with Gasteiger partial charge in [-0.2, -0.15) is 0 Å². The number of para-hydroxylation sites is 1. The predicted octanol–water partition coefficient (Wildman–Crippen LogP) is 4.11. The molecule has 1 aliphatic rings. The largest absolute Gasteiger partial charge is 0.383 e. The summed E-state index contributed by atoms with van der Waals surface area (Å²) in [5.41, 5.74) is 4.03. The van der Waals surface area contributed by atoms with Crippen molar-refractivity contribution in [2.24, 2.45) is 4.99 Å². The Bertz CT molecular complexity index is 1030. The Kier molecular flexibility index (Phi) is 7.82. The van der Waals surface area contributed by atoms with Crippen molar-refractivity contribution < 1.29 is 19.1 Å². The molecule has 2 aromatic rings. The van der Waals surface area contributed by atoms with Gasteiger partial charge in [-0.05, 0) is 56.2 Å². The summed E-state index contributed by atoms with van der Waals surface area (Å²) in [4.78, 5) is 43.4. The van der Waals surface area contributed by atoms with Gasteiger partial charge in [0.1, 0.15) is 5.25 Å². The number of hydrogen-bond donors (Lipinski definition) is 1. The minimum Gasteiger partial charge on any atom is -0.383 e. The van der Waals surface area contributed by atoms with Crippen molar-refractivity contribution in [2.75, 3.05) is 25.6 Å². The van der Waals surface area contributed by atoms with Crippen LogP contribution in [0.25, 0.3) is 0 Å². The average molecular weight is 454 g/mol. The molecule has 0 aromatic heterocycles. The molecule has 8 heteroatoms. The summed E-state index contributed by atoms with van der Waals surface area (Å²) in [6.45, 7) is 6.20. The zero-order chi connectivity index (χ0) is 23.3. The van der Waals surface area contributed by atoms with Gasteiger partial charge in [-0.25, -0.2) is 4.99 Å². The molecule has 0 spiro atoms. The number of Topliss-reactive ketones (excluding diaryl/α,β-unsaturated/α-hetero) is 1. The molecule has 32 heavy (non-hydrogen) atoms. The molecule has 0 saturated carbocycles. The number of amidine groups is 1. The fourth-order valence-electron chi connectivity index (χ4n) is 3.36. The monoisotopic (exact) mass is 453 g/mol. The van der Waals surface area contributed by atoms with Crippen molar-refractivity contribution in [3.05, 3.63) is 59.2 Å². The van der Waals surface area contributed by atoms with E-state index in [2.05, 4.69) is 5.32 Å². The van der Waals surface area contributed by atoms with Crippen LogP contribution in [-0.4, -0.2) is 53.2 Å². The number of carbonyl (C=O) groups is 3. The molecule has 1 N–H and O–H groups in total. The highest BCUT2D eigenvalue weighted by atomic mass is 32.2. The lowest BCUT2D eigenvalue weighted by molar-refractivity contribution is -0.128. The number of thioether (sulfide) groups is 1. The molecule has 7 nitrogen and oxygen atoms in total. The van der Waals surface area contributed by atoms with Crippen LogP contribution < -0.4 is 5.32 Å². The number of aryl methyl sites for hydroxylation is 2. The molecule has 1 aliphatic heterocycles. The van der Waals surface area contributed by atoms with Crippen molar-refractivity contribution >= 4 is 45.9 Å². The van der Waals surface area contributed by atoms with Crippen LogP contribution in [0.2, 0.25) is 0 Å². The Morgan fingerprint density at radius 2 is 1.78 bits per heavy atom. The summed E-state index contributed by atoms with van der Waals surface area (Å²) >= 11 is 1.30. The SMILES string of the molecule is COCCN1C(=O)C(CC(=O)Nc2ccc(C(C)=O)cc2)SC1=Nc1c(C)cccc1C. The van der Waals surface area contributed by atoms with Crippen LogP contribution in [0.4, 0.5) is 11.4 Å². The Hall–Kier alpha value is -2.97. The number of ether oxygens (including phenoxy) is 1. The lowest BCUT2D eigenvalue weighted by atomic mass is 10.1. The van der Waals surface area contributed by atoms with E-state index >= 15 is 0 Å². The molecule has 0 bridgehead atoms. The van der Waals surface area contributed by atoms with E-state index in [1.807, 2.05) is 32.0 Å². The van der Waals surface area contributed by atoms with E-state index in [-0.39, 0.29) is 24.0 Å². The summed E-state index contributed by atoms with van der Waals surface area (Å²) in [6.07, 6.45) is 0.0210. The van der Waals surface area contributed by atoms with E-state index in [9.17, 15) is 14.4 Å². The molecular weight excluding hydrogens is 426 g/mol. The van der Waals surface area contributed by atoms with Gasteiger partial charge in [0.25, 0.3) is 0 Å². The van der Waals surface area contributed by atoms with Gasteiger partial charge in [-0.15, -0.1) is 0 Å². The fraction of sp³-hybridized carbons (Fsp3) is 0.333. The highest BCUT2D eigenvalue weighted by Crippen LogP contribution is 2.33. The maximum Gasteiger partial charge on any atom is 0.242 e. The molecule has 3 rings (SSSR count). The van der Waals surface area contributed by atoms with E-state index in [1.54, 1.807) is 36.3 Å². The Morgan fingerprint density at radius 3 is 2.38 bits per heavy atom. The maximum absolute atomic E-state index is 13.0. The standard InChI is InChI=1S/C24H27N3O4S/c1-15-6-5-7-16(2)22(15)26-24-27(12-13-31-4)23(30)20(32-24)14-21(29)25-19-10-8-18(9-11-19)17(3)28/h5-11,20H,12-14H2,1-4H3,(H,25,29). The van der Waals surface area contributed by atoms with E-state index in [0.29, 0.717) is 29.6 Å². The van der Waals surface area contributed by atoms with Gasteiger partial charge in [-0.3, -0.25) is 19.3 Å². The second-order valence-electron chi connectivity index (χ2n) is 7.61. The van der Waals surface area contributed by atoms with Crippen LogP contribution in [0.3, 0.4) is 0 Å². The van der Waals surface area contributed by atoms with E-state index < -0.39 is 5.25 Å². The number of hydrogen-bond acceptors (Lipinski definition) is 6. The number of rotatable bonds is 8. The molecule has 1 saturated heterocycles. The molecule has 1 heterocycles. The lowest BCUT2D eigenvalue weighted by Gasteiger charge is -2.16. The minimum atomic E-state index is -0.563. The van der Waals surface area contributed by atoms with E-state index in [4.69, 9.17) is 9.73 Å². The Labute approximate surface area is 192 Å². The summed E-state index contributed by atoms with van der Waals surface area (Å²) < 4.78 is 5.16. The number of nitrogens with one attached hydrogen (secondary N) is 1. The van der Waals surface area contributed by atoms with Crippen molar-refractivity contribution in [3.63, 3.8) is 0 Å². The normalized spacial score (nSPS) is 17.1. The van der Waals surface area contributed by atoms with Crippen LogP contribution >= 0.6 is 11.8 Å². The molecule has 2 amide bonds. The van der Waals surface area contributed by atoms with Crippen LogP contribution in [0, 0.1) is 13.8 Å². The molecule has 168 valence electrons. The van der Waals surface area contributed by atoms with Gasteiger partial charge in [0, 0.05) is 24.8 Å². The molecule has 1 fully saturated rings. The minimum absolute atomic E-state index is 0.0210. The third-order valence-corrected chi connectivity index (χ3v) is 6.31. The van der Waals surface area contributed by atoms with Gasteiger partial charge in [0.15, 0.2) is 11.0 Å². The number of methoxy groups -OCH3 is 1.